The Bertz CT molecular complexity index is 1090. The number of hydrogen-bond acceptors (Lipinski definition) is 7. The second-order valence-electron chi connectivity index (χ2n) is 10.4. The lowest BCUT2D eigenvalue weighted by Gasteiger charge is -2.38. The Hall–Kier alpha value is -3.68. The monoisotopic (exact) mass is 684 g/mol. The van der Waals surface area contributed by atoms with Gasteiger partial charge in [0, 0.05) is 57.6 Å². The van der Waals surface area contributed by atoms with E-state index < -0.39 is 36.4 Å². The molecule has 4 heterocycles. The minimum absolute atomic E-state index is 0.277. The van der Waals surface area contributed by atoms with Gasteiger partial charge >= 0.3 is 36.4 Å². The van der Waals surface area contributed by atoms with E-state index in [1.807, 2.05) is 12.4 Å². The number of fused-ring (bicyclic) bond motifs is 1. The van der Waals surface area contributed by atoms with Crippen molar-refractivity contribution >= 4 is 23.8 Å². The topological polar surface area (TPSA) is 152 Å². The molecular weight excluding hydrogens is 651 g/mol. The van der Waals surface area contributed by atoms with E-state index in [9.17, 15) is 44.3 Å². The highest BCUT2D eigenvalue weighted by atomic mass is 19.4. The van der Waals surface area contributed by atoms with Gasteiger partial charge in [0.2, 0.25) is 5.91 Å². The summed E-state index contributed by atoms with van der Waals surface area (Å²) in [6, 6.07) is 5.10. The molecule has 3 fully saturated rings. The van der Waals surface area contributed by atoms with Crippen LogP contribution in [0.4, 0.5) is 39.5 Å². The first-order valence-electron chi connectivity index (χ1n) is 13.6. The molecule has 0 saturated carbocycles. The fraction of sp³-hybridized carbons (Fsp3) is 0.654. The zero-order chi connectivity index (χ0) is 35.5. The number of pyridine rings is 1. The Morgan fingerprint density at radius 2 is 1.22 bits per heavy atom. The number of hydrogen-bond donors (Lipinski definition) is 3. The van der Waals surface area contributed by atoms with Crippen molar-refractivity contribution in [2.75, 3.05) is 32.7 Å². The number of carbonyl (C=O) groups excluding carboxylic acids is 1. The maximum absolute atomic E-state index is 12.3. The lowest BCUT2D eigenvalue weighted by molar-refractivity contribution is -0.193. The number of carboxylic acid groups (broad SMARTS) is 3. The third-order valence-electron chi connectivity index (χ3n) is 7.02. The second-order valence-corrected chi connectivity index (χ2v) is 10.4. The Balaban J connectivity index is 0.000000413. The van der Waals surface area contributed by atoms with E-state index in [2.05, 4.69) is 31.8 Å². The zero-order valence-corrected chi connectivity index (χ0v) is 24.3. The number of rotatable bonds is 4. The summed E-state index contributed by atoms with van der Waals surface area (Å²) in [5.74, 6) is -7.36. The molecule has 0 spiro atoms. The van der Waals surface area contributed by atoms with Crippen molar-refractivity contribution in [1.82, 2.24) is 19.7 Å². The Morgan fingerprint density at radius 1 is 0.783 bits per heavy atom. The van der Waals surface area contributed by atoms with E-state index in [1.54, 1.807) is 6.92 Å². The van der Waals surface area contributed by atoms with Crippen LogP contribution < -0.4 is 0 Å². The molecule has 0 bridgehead atoms. The summed E-state index contributed by atoms with van der Waals surface area (Å²) < 4.78 is 95.2. The lowest BCUT2D eigenvalue weighted by Crippen LogP contribution is -2.49. The zero-order valence-electron chi connectivity index (χ0n) is 24.3. The summed E-state index contributed by atoms with van der Waals surface area (Å²) >= 11 is 0. The molecule has 1 aromatic heterocycles. The summed E-state index contributed by atoms with van der Waals surface area (Å²) in [6.07, 6.45) is -6.57. The molecule has 3 aliphatic rings. The van der Waals surface area contributed by atoms with E-state index in [0.717, 1.165) is 32.6 Å². The van der Waals surface area contributed by atoms with Crippen LogP contribution in [-0.4, -0.2) is 122 Å². The van der Waals surface area contributed by atoms with Crippen LogP contribution in [0.2, 0.25) is 0 Å². The predicted octanol–water partition coefficient (Wildman–Crippen LogP) is 3.89. The highest BCUT2D eigenvalue weighted by Crippen LogP contribution is 2.37. The Labute approximate surface area is 256 Å². The molecule has 1 aromatic rings. The van der Waals surface area contributed by atoms with Crippen molar-refractivity contribution < 1.29 is 74.0 Å². The molecule has 3 aliphatic heterocycles. The fourth-order valence-corrected chi connectivity index (χ4v) is 5.23. The minimum atomic E-state index is -5.08. The molecule has 0 aromatic carbocycles. The van der Waals surface area contributed by atoms with Crippen LogP contribution in [0.5, 0.6) is 0 Å². The Kier molecular flexibility index (Phi) is 15.2. The van der Waals surface area contributed by atoms with Gasteiger partial charge in [-0.25, -0.2) is 14.4 Å². The largest absolute Gasteiger partial charge is 0.490 e. The number of amides is 1. The van der Waals surface area contributed by atoms with Gasteiger partial charge in [-0.15, -0.1) is 0 Å². The van der Waals surface area contributed by atoms with Gasteiger partial charge in [-0.1, -0.05) is 0 Å². The minimum Gasteiger partial charge on any atom is -0.475 e. The van der Waals surface area contributed by atoms with E-state index >= 15 is 0 Å². The van der Waals surface area contributed by atoms with Gasteiger partial charge in [0.25, 0.3) is 0 Å². The maximum Gasteiger partial charge on any atom is 0.490 e. The number of aliphatic carboxylic acids is 3. The highest BCUT2D eigenvalue weighted by Gasteiger charge is 2.45. The van der Waals surface area contributed by atoms with Gasteiger partial charge in [0.05, 0.1) is 0 Å². The van der Waals surface area contributed by atoms with Gasteiger partial charge in [0.15, 0.2) is 0 Å². The molecule has 262 valence electrons. The fourth-order valence-electron chi connectivity index (χ4n) is 5.23. The van der Waals surface area contributed by atoms with E-state index in [1.165, 1.54) is 37.9 Å². The lowest BCUT2D eigenvalue weighted by atomic mass is 9.91. The summed E-state index contributed by atoms with van der Waals surface area (Å²) in [4.78, 5) is 50.5. The van der Waals surface area contributed by atoms with Crippen molar-refractivity contribution in [3.63, 3.8) is 0 Å². The number of alkyl halides is 9. The average Bonchev–Trinajstić information content (AvgIpc) is 3.56. The van der Waals surface area contributed by atoms with Crippen LogP contribution in [-0.2, 0) is 25.7 Å². The molecular formula is C26H33F9N4O7. The van der Waals surface area contributed by atoms with Crippen molar-refractivity contribution in [3.8, 4) is 0 Å². The van der Waals surface area contributed by atoms with Crippen LogP contribution in [0.1, 0.15) is 38.2 Å². The van der Waals surface area contributed by atoms with Crippen LogP contribution in [0, 0.1) is 5.92 Å². The van der Waals surface area contributed by atoms with Crippen molar-refractivity contribution in [3.05, 3.63) is 30.1 Å². The molecule has 4 rings (SSSR count). The standard InChI is InChI=1S/C20H30N4O.3C2HF3O2/c1-16(25)24-19(15-22-9-2-3-10-22)12-18-14-23(11-6-20(18)24)13-17-4-7-21-8-5-17;3*3-2(4,5)1(6)7/h4-5,7-8,18-20H,2-3,6,9-15H2,1H3;3*(H,6,7)/t18-,19?,20+;;;/m1.../s1. The quantitative estimate of drug-likeness (QED) is 0.399. The molecule has 11 nitrogen and oxygen atoms in total. The van der Waals surface area contributed by atoms with Gasteiger partial charge in [-0.05, 0) is 62.4 Å². The predicted molar refractivity (Wildman–Crippen MR) is 139 cm³/mol. The molecule has 20 heteroatoms. The van der Waals surface area contributed by atoms with E-state index in [0.29, 0.717) is 18.0 Å². The third-order valence-corrected chi connectivity index (χ3v) is 7.02. The molecule has 0 radical (unpaired) electrons. The molecule has 3 N–H and O–H groups in total. The van der Waals surface area contributed by atoms with Crippen LogP contribution in [0.15, 0.2) is 24.5 Å². The maximum atomic E-state index is 12.3. The SMILES string of the molecule is CC(=O)N1C(CN2CCCC2)C[C@@H]2CN(Cc3ccncc3)CC[C@@H]21.O=C(O)C(F)(F)F.O=C(O)C(F)(F)F.O=C(O)C(F)(F)F. The van der Waals surface area contributed by atoms with Crippen molar-refractivity contribution in [2.24, 2.45) is 5.92 Å². The van der Waals surface area contributed by atoms with Crippen LogP contribution >= 0.6 is 0 Å². The van der Waals surface area contributed by atoms with Gasteiger partial charge < -0.3 is 25.1 Å². The summed E-state index contributed by atoms with van der Waals surface area (Å²) in [5.41, 5.74) is 1.34. The van der Waals surface area contributed by atoms with Gasteiger partial charge in [-0.3, -0.25) is 14.7 Å². The number of likely N-dealkylation sites (tertiary alicyclic amines) is 3. The number of carbonyl (C=O) groups is 4. The van der Waals surface area contributed by atoms with Crippen LogP contribution in [0.25, 0.3) is 0 Å². The van der Waals surface area contributed by atoms with Crippen LogP contribution in [0.3, 0.4) is 0 Å². The van der Waals surface area contributed by atoms with E-state index in [-0.39, 0.29) is 5.91 Å². The highest BCUT2D eigenvalue weighted by molar-refractivity contribution is 5.75. The molecule has 46 heavy (non-hydrogen) atoms. The van der Waals surface area contributed by atoms with Crippen molar-refractivity contribution in [2.45, 2.75) is 69.8 Å². The number of carboxylic acids is 3. The second kappa shape index (κ2) is 17.3. The summed E-state index contributed by atoms with van der Waals surface area (Å²) in [5, 5.41) is 21.4. The Morgan fingerprint density at radius 3 is 1.61 bits per heavy atom. The molecule has 1 amide bonds. The third kappa shape index (κ3) is 14.2. The number of halogens is 9. The van der Waals surface area contributed by atoms with Crippen molar-refractivity contribution in [1.29, 1.82) is 0 Å². The summed E-state index contributed by atoms with van der Waals surface area (Å²) in [6.45, 7) is 8.48. The first kappa shape index (κ1) is 40.3. The molecule has 0 aliphatic carbocycles. The first-order chi connectivity index (χ1) is 21.0. The first-order valence-corrected chi connectivity index (χ1v) is 13.6. The summed E-state index contributed by atoms with van der Waals surface area (Å²) in [7, 11) is 0. The number of piperidine rings is 1. The number of nitrogens with zero attached hydrogens (tertiary/aromatic N) is 4. The molecule has 3 atom stereocenters. The molecule has 1 unspecified atom stereocenters. The van der Waals surface area contributed by atoms with Gasteiger partial charge in [-0.2, -0.15) is 39.5 Å². The van der Waals surface area contributed by atoms with E-state index in [4.69, 9.17) is 29.7 Å². The molecule has 3 saturated heterocycles. The van der Waals surface area contributed by atoms with Gasteiger partial charge in [0.1, 0.15) is 0 Å². The normalized spacial score (nSPS) is 21.8. The number of aromatic nitrogens is 1. The smallest absolute Gasteiger partial charge is 0.475 e. The average molecular weight is 685 g/mol.